The summed E-state index contributed by atoms with van der Waals surface area (Å²) >= 11 is 0. The van der Waals surface area contributed by atoms with Crippen molar-refractivity contribution in [3.8, 4) is 11.4 Å². The van der Waals surface area contributed by atoms with Gasteiger partial charge in [-0.1, -0.05) is 97.1 Å². The molecule has 0 aliphatic rings. The number of para-hydroxylation sites is 4. The SMILES string of the molecule is c1ccc(-n2c3ccccc3c3ccc4c(ccc5c6ccccc6n(-c6ccc7c(c6)oc6ccccc67)c54)c32)cc1. The quantitative estimate of drug-likeness (QED) is 0.211. The monoisotopic (exact) mass is 548 g/mol. The zero-order valence-electron chi connectivity index (χ0n) is 23.2. The predicted octanol–water partition coefficient (Wildman–Crippen LogP) is 10.9. The van der Waals surface area contributed by atoms with Crippen molar-refractivity contribution in [2.45, 2.75) is 0 Å². The van der Waals surface area contributed by atoms with Crippen molar-refractivity contribution in [2.24, 2.45) is 0 Å². The van der Waals surface area contributed by atoms with Crippen LogP contribution in [0.2, 0.25) is 0 Å². The van der Waals surface area contributed by atoms with E-state index in [9.17, 15) is 0 Å². The standard InChI is InChI=1S/C40H24N2O/c1-2-10-25(11-3-1)41-35-15-7-4-12-27(35)31-20-23-34-33(39(31)41)22-21-32-28-13-5-8-16-36(28)42(40(32)34)26-18-19-30-29-14-6-9-17-37(29)43-38(30)24-26/h1-24H. The Hall–Kier alpha value is -5.80. The van der Waals surface area contributed by atoms with Crippen LogP contribution in [-0.2, 0) is 0 Å². The Labute approximate surface area is 246 Å². The van der Waals surface area contributed by atoms with Crippen LogP contribution in [0.25, 0.3) is 87.7 Å². The molecule has 0 N–H and O–H groups in total. The fraction of sp³-hybridized carbons (Fsp3) is 0. The van der Waals surface area contributed by atoms with Crippen LogP contribution in [0.1, 0.15) is 0 Å². The van der Waals surface area contributed by atoms with Gasteiger partial charge in [0, 0.05) is 60.5 Å². The van der Waals surface area contributed by atoms with Gasteiger partial charge in [0.15, 0.2) is 0 Å². The highest BCUT2D eigenvalue weighted by Gasteiger charge is 2.20. The fourth-order valence-electron chi connectivity index (χ4n) is 7.29. The summed E-state index contributed by atoms with van der Waals surface area (Å²) in [4.78, 5) is 0. The zero-order chi connectivity index (χ0) is 28.1. The molecule has 0 aliphatic heterocycles. The van der Waals surface area contributed by atoms with E-state index in [1.807, 2.05) is 12.1 Å². The molecule has 3 heterocycles. The topological polar surface area (TPSA) is 23.0 Å². The van der Waals surface area contributed by atoms with Crippen LogP contribution in [0.5, 0.6) is 0 Å². The molecule has 7 aromatic carbocycles. The summed E-state index contributed by atoms with van der Waals surface area (Å²) < 4.78 is 11.2. The Bertz CT molecular complexity index is 2720. The minimum absolute atomic E-state index is 0.900. The Kier molecular flexibility index (Phi) is 4.45. The summed E-state index contributed by atoms with van der Waals surface area (Å²) in [6, 6.07) is 52.3. The Morgan fingerprint density at radius 2 is 0.791 bits per heavy atom. The molecule has 0 aliphatic carbocycles. The number of nitrogens with zero attached hydrogens (tertiary/aromatic N) is 2. The van der Waals surface area contributed by atoms with Gasteiger partial charge in [-0.05, 0) is 42.5 Å². The van der Waals surface area contributed by atoms with Gasteiger partial charge in [-0.2, -0.15) is 0 Å². The molecule has 0 spiro atoms. The highest BCUT2D eigenvalue weighted by molar-refractivity contribution is 6.26. The number of hydrogen-bond acceptors (Lipinski definition) is 1. The highest BCUT2D eigenvalue weighted by atomic mass is 16.3. The van der Waals surface area contributed by atoms with Crippen molar-refractivity contribution >= 4 is 76.3 Å². The summed E-state index contributed by atoms with van der Waals surface area (Å²) in [5, 5.41) is 9.76. The predicted molar refractivity (Wildman–Crippen MR) is 180 cm³/mol. The van der Waals surface area contributed by atoms with Crippen molar-refractivity contribution in [1.29, 1.82) is 0 Å². The molecule has 0 amide bonds. The largest absolute Gasteiger partial charge is 0.456 e. The molecule has 200 valence electrons. The van der Waals surface area contributed by atoms with E-state index < -0.39 is 0 Å². The molecule has 0 saturated heterocycles. The third kappa shape index (κ3) is 3.03. The van der Waals surface area contributed by atoms with Crippen LogP contribution >= 0.6 is 0 Å². The van der Waals surface area contributed by atoms with E-state index in [0.29, 0.717) is 0 Å². The minimum atomic E-state index is 0.900. The van der Waals surface area contributed by atoms with Gasteiger partial charge in [0.1, 0.15) is 11.2 Å². The summed E-state index contributed by atoms with van der Waals surface area (Å²) in [5.74, 6) is 0. The molecular formula is C40H24N2O. The third-order valence-electron chi connectivity index (χ3n) is 9.10. The fourth-order valence-corrected chi connectivity index (χ4v) is 7.29. The first-order valence-corrected chi connectivity index (χ1v) is 14.7. The smallest absolute Gasteiger partial charge is 0.137 e. The lowest BCUT2D eigenvalue weighted by atomic mass is 10.0. The molecular weight excluding hydrogens is 524 g/mol. The Balaban J connectivity index is 1.37. The van der Waals surface area contributed by atoms with Crippen LogP contribution < -0.4 is 0 Å². The summed E-state index contributed by atoms with van der Waals surface area (Å²) in [7, 11) is 0. The Morgan fingerprint density at radius 1 is 0.326 bits per heavy atom. The lowest BCUT2D eigenvalue weighted by Crippen LogP contribution is -1.96. The summed E-state index contributed by atoms with van der Waals surface area (Å²) in [6.45, 7) is 0. The first kappa shape index (κ1) is 22.8. The van der Waals surface area contributed by atoms with Crippen molar-refractivity contribution < 1.29 is 4.42 Å². The molecule has 0 atom stereocenters. The summed E-state index contributed by atoms with van der Waals surface area (Å²) in [6.07, 6.45) is 0. The van der Waals surface area contributed by atoms with E-state index in [0.717, 1.165) is 33.3 Å². The van der Waals surface area contributed by atoms with Gasteiger partial charge < -0.3 is 13.6 Å². The lowest BCUT2D eigenvalue weighted by molar-refractivity contribution is 0.668. The van der Waals surface area contributed by atoms with Crippen LogP contribution in [0.3, 0.4) is 0 Å². The van der Waals surface area contributed by atoms with Crippen molar-refractivity contribution in [1.82, 2.24) is 9.13 Å². The maximum Gasteiger partial charge on any atom is 0.137 e. The first-order valence-electron chi connectivity index (χ1n) is 14.7. The molecule has 0 saturated carbocycles. The molecule has 10 rings (SSSR count). The van der Waals surface area contributed by atoms with Gasteiger partial charge in [-0.25, -0.2) is 0 Å². The van der Waals surface area contributed by atoms with Crippen molar-refractivity contribution in [2.75, 3.05) is 0 Å². The van der Waals surface area contributed by atoms with Gasteiger partial charge in [0.25, 0.3) is 0 Å². The van der Waals surface area contributed by atoms with Crippen LogP contribution in [0.15, 0.2) is 150 Å². The molecule has 0 radical (unpaired) electrons. The molecule has 0 unspecified atom stereocenters. The Morgan fingerprint density at radius 3 is 1.44 bits per heavy atom. The number of aromatic nitrogens is 2. The molecule has 10 aromatic rings. The van der Waals surface area contributed by atoms with E-state index in [4.69, 9.17) is 4.42 Å². The van der Waals surface area contributed by atoms with Crippen LogP contribution in [0, 0.1) is 0 Å². The zero-order valence-corrected chi connectivity index (χ0v) is 23.2. The molecule has 3 aromatic heterocycles. The van der Waals surface area contributed by atoms with E-state index in [1.165, 1.54) is 54.4 Å². The average molecular weight is 549 g/mol. The third-order valence-corrected chi connectivity index (χ3v) is 9.10. The van der Waals surface area contributed by atoms with Gasteiger partial charge in [-0.3, -0.25) is 0 Å². The number of fused-ring (bicyclic) bond motifs is 12. The van der Waals surface area contributed by atoms with Crippen molar-refractivity contribution in [3.63, 3.8) is 0 Å². The van der Waals surface area contributed by atoms with E-state index >= 15 is 0 Å². The molecule has 0 fully saturated rings. The number of hydrogen-bond donors (Lipinski definition) is 0. The van der Waals surface area contributed by atoms with Crippen molar-refractivity contribution in [3.05, 3.63) is 146 Å². The normalized spacial score (nSPS) is 12.2. The number of rotatable bonds is 2. The van der Waals surface area contributed by atoms with Crippen LogP contribution in [-0.4, -0.2) is 9.13 Å². The molecule has 3 heteroatoms. The van der Waals surface area contributed by atoms with Gasteiger partial charge >= 0.3 is 0 Å². The second-order valence-electron chi connectivity index (χ2n) is 11.3. The maximum atomic E-state index is 6.34. The second-order valence-corrected chi connectivity index (χ2v) is 11.3. The lowest BCUT2D eigenvalue weighted by Gasteiger charge is -2.12. The molecule has 3 nitrogen and oxygen atoms in total. The number of benzene rings is 7. The minimum Gasteiger partial charge on any atom is -0.456 e. The second kappa shape index (κ2) is 8.37. The first-order chi connectivity index (χ1) is 21.3. The maximum absolute atomic E-state index is 6.34. The van der Waals surface area contributed by atoms with Gasteiger partial charge in [-0.15, -0.1) is 0 Å². The van der Waals surface area contributed by atoms with E-state index in [1.54, 1.807) is 0 Å². The van der Waals surface area contributed by atoms with Crippen LogP contribution in [0.4, 0.5) is 0 Å². The van der Waals surface area contributed by atoms with Gasteiger partial charge in [0.05, 0.1) is 22.1 Å². The van der Waals surface area contributed by atoms with E-state index in [2.05, 4.69) is 143 Å². The molecule has 0 bridgehead atoms. The van der Waals surface area contributed by atoms with Gasteiger partial charge in [0.2, 0.25) is 0 Å². The summed E-state index contributed by atoms with van der Waals surface area (Å²) in [5.41, 5.74) is 8.91. The number of furan rings is 1. The molecule has 43 heavy (non-hydrogen) atoms. The average Bonchev–Trinajstić information content (AvgIpc) is 3.72. The highest BCUT2D eigenvalue weighted by Crippen LogP contribution is 2.42. The van der Waals surface area contributed by atoms with E-state index in [-0.39, 0.29) is 0 Å².